The van der Waals surface area contributed by atoms with E-state index in [0.717, 1.165) is 19.6 Å². The van der Waals surface area contributed by atoms with Gasteiger partial charge in [-0.1, -0.05) is 19.3 Å². The summed E-state index contributed by atoms with van der Waals surface area (Å²) < 4.78 is 0. The average Bonchev–Trinajstić information content (AvgIpc) is 2.35. The molecule has 0 unspecified atom stereocenters. The molecule has 0 aromatic heterocycles. The number of nitrogens with one attached hydrogen (secondary N) is 2. The minimum Gasteiger partial charge on any atom is -0.353 e. The summed E-state index contributed by atoms with van der Waals surface area (Å²) in [6.07, 6.45) is 6.83. The molecule has 0 aromatic carbocycles. The molecule has 0 atom stereocenters. The second-order valence-electron chi connectivity index (χ2n) is 5.06. The second kappa shape index (κ2) is 8.48. The highest BCUT2D eigenvalue weighted by Gasteiger charge is 2.15. The van der Waals surface area contributed by atoms with Crippen LogP contribution in [0.5, 0.6) is 0 Å². The monoisotopic (exact) mass is 241 g/mol. The molecule has 1 amide bonds. The molecular formula is C13H27N3O. The van der Waals surface area contributed by atoms with E-state index in [0.29, 0.717) is 12.5 Å². The number of likely N-dealkylation sites (N-methyl/N-ethyl adjacent to an activating group) is 2. The van der Waals surface area contributed by atoms with Crippen LogP contribution in [0.15, 0.2) is 0 Å². The van der Waals surface area contributed by atoms with Crippen LogP contribution in [0.2, 0.25) is 0 Å². The summed E-state index contributed by atoms with van der Waals surface area (Å²) in [7, 11) is 4.01. The van der Waals surface area contributed by atoms with Gasteiger partial charge in [-0.2, -0.15) is 0 Å². The van der Waals surface area contributed by atoms with Crippen LogP contribution in [0.3, 0.4) is 0 Å². The van der Waals surface area contributed by atoms with Crippen molar-refractivity contribution >= 4 is 5.91 Å². The second-order valence-corrected chi connectivity index (χ2v) is 5.06. The van der Waals surface area contributed by atoms with Crippen molar-refractivity contribution in [3.8, 4) is 0 Å². The Bertz CT molecular complexity index is 215. The number of rotatable bonds is 7. The average molecular weight is 241 g/mol. The molecule has 0 heterocycles. The van der Waals surface area contributed by atoms with Gasteiger partial charge >= 0.3 is 0 Å². The Balaban J connectivity index is 2.07. The van der Waals surface area contributed by atoms with E-state index >= 15 is 0 Å². The molecule has 1 aliphatic rings. The summed E-state index contributed by atoms with van der Waals surface area (Å²) in [5, 5.41) is 6.26. The van der Waals surface area contributed by atoms with Gasteiger partial charge in [-0.15, -0.1) is 0 Å². The molecule has 100 valence electrons. The van der Waals surface area contributed by atoms with Crippen molar-refractivity contribution in [3.63, 3.8) is 0 Å². The topological polar surface area (TPSA) is 44.4 Å². The molecule has 0 spiro atoms. The maximum atomic E-state index is 11.7. The third-order valence-electron chi connectivity index (χ3n) is 3.43. The molecule has 4 nitrogen and oxygen atoms in total. The number of hydrogen-bond donors (Lipinski definition) is 2. The Kier molecular flexibility index (Phi) is 7.21. The van der Waals surface area contributed by atoms with Crippen LogP contribution in [0.4, 0.5) is 0 Å². The molecule has 0 aliphatic heterocycles. The quantitative estimate of drug-likeness (QED) is 0.698. The molecule has 2 N–H and O–H groups in total. The zero-order chi connectivity index (χ0) is 12.5. The lowest BCUT2D eigenvalue weighted by molar-refractivity contribution is -0.122. The van der Waals surface area contributed by atoms with Gasteiger partial charge in [0.15, 0.2) is 0 Å². The molecule has 0 saturated heterocycles. The Morgan fingerprint density at radius 3 is 2.59 bits per heavy atom. The lowest BCUT2D eigenvalue weighted by Crippen LogP contribution is -2.38. The van der Waals surface area contributed by atoms with Gasteiger partial charge in [-0.3, -0.25) is 4.79 Å². The standard InChI is InChI=1S/C13H27N3O/c1-14-9-11-16(2)10-8-13(17)15-12-6-4-3-5-7-12/h12,14H,3-11H2,1-2H3,(H,15,17). The first-order chi connectivity index (χ1) is 8.22. The molecule has 4 heteroatoms. The van der Waals surface area contributed by atoms with Gasteiger partial charge in [0.05, 0.1) is 0 Å². The smallest absolute Gasteiger partial charge is 0.221 e. The van der Waals surface area contributed by atoms with E-state index in [-0.39, 0.29) is 5.91 Å². The summed E-state index contributed by atoms with van der Waals surface area (Å²) in [4.78, 5) is 13.9. The van der Waals surface area contributed by atoms with Crippen molar-refractivity contribution < 1.29 is 4.79 Å². The number of nitrogens with zero attached hydrogens (tertiary/aromatic N) is 1. The Morgan fingerprint density at radius 1 is 1.24 bits per heavy atom. The van der Waals surface area contributed by atoms with Crippen molar-refractivity contribution in [2.75, 3.05) is 33.7 Å². The van der Waals surface area contributed by atoms with Crippen molar-refractivity contribution in [1.29, 1.82) is 0 Å². The van der Waals surface area contributed by atoms with Crippen LogP contribution in [-0.2, 0) is 4.79 Å². The van der Waals surface area contributed by atoms with E-state index in [1.54, 1.807) is 0 Å². The molecule has 17 heavy (non-hydrogen) atoms. The summed E-state index contributed by atoms with van der Waals surface area (Å²) in [6, 6.07) is 0.443. The molecule has 1 aliphatic carbocycles. The van der Waals surface area contributed by atoms with Crippen molar-refractivity contribution in [1.82, 2.24) is 15.5 Å². The van der Waals surface area contributed by atoms with E-state index in [4.69, 9.17) is 0 Å². The van der Waals surface area contributed by atoms with Crippen LogP contribution in [0, 0.1) is 0 Å². The lowest BCUT2D eigenvalue weighted by Gasteiger charge is -2.23. The van der Waals surface area contributed by atoms with Crippen LogP contribution >= 0.6 is 0 Å². The summed E-state index contributed by atoms with van der Waals surface area (Å²) in [6.45, 7) is 2.81. The van der Waals surface area contributed by atoms with Crippen molar-refractivity contribution in [2.24, 2.45) is 0 Å². The summed E-state index contributed by atoms with van der Waals surface area (Å²) in [5.41, 5.74) is 0. The highest BCUT2D eigenvalue weighted by atomic mass is 16.1. The third kappa shape index (κ3) is 6.64. The van der Waals surface area contributed by atoms with Gasteiger partial charge in [0.2, 0.25) is 5.91 Å². The van der Waals surface area contributed by atoms with Crippen LogP contribution in [-0.4, -0.2) is 50.6 Å². The largest absolute Gasteiger partial charge is 0.353 e. The molecular weight excluding hydrogens is 214 g/mol. The van der Waals surface area contributed by atoms with Gasteiger partial charge in [0.1, 0.15) is 0 Å². The van der Waals surface area contributed by atoms with Gasteiger partial charge in [-0.25, -0.2) is 0 Å². The van der Waals surface area contributed by atoms with Gasteiger partial charge in [-0.05, 0) is 26.9 Å². The molecule has 0 aromatic rings. The number of amides is 1. The van der Waals surface area contributed by atoms with E-state index in [2.05, 4.69) is 22.6 Å². The first kappa shape index (κ1) is 14.5. The highest BCUT2D eigenvalue weighted by molar-refractivity contribution is 5.76. The van der Waals surface area contributed by atoms with Gasteiger partial charge in [0, 0.05) is 32.1 Å². The van der Waals surface area contributed by atoms with Crippen LogP contribution in [0.25, 0.3) is 0 Å². The maximum absolute atomic E-state index is 11.7. The van der Waals surface area contributed by atoms with E-state index in [1.807, 2.05) is 7.05 Å². The molecule has 0 bridgehead atoms. The summed E-state index contributed by atoms with van der Waals surface area (Å²) >= 11 is 0. The molecule has 1 fully saturated rings. The fourth-order valence-corrected chi connectivity index (χ4v) is 2.25. The zero-order valence-corrected chi connectivity index (χ0v) is 11.3. The van der Waals surface area contributed by atoms with Gasteiger partial charge < -0.3 is 15.5 Å². The fourth-order valence-electron chi connectivity index (χ4n) is 2.25. The van der Waals surface area contributed by atoms with Crippen molar-refractivity contribution in [2.45, 2.75) is 44.6 Å². The van der Waals surface area contributed by atoms with Crippen LogP contribution in [0.1, 0.15) is 38.5 Å². The van der Waals surface area contributed by atoms with Crippen LogP contribution < -0.4 is 10.6 Å². The highest BCUT2D eigenvalue weighted by Crippen LogP contribution is 2.17. The Labute approximate surface area is 105 Å². The molecule has 0 radical (unpaired) electrons. The molecule has 1 rings (SSSR count). The number of hydrogen-bond acceptors (Lipinski definition) is 3. The predicted octanol–water partition coefficient (Wildman–Crippen LogP) is 0.977. The van der Waals surface area contributed by atoms with E-state index in [1.165, 1.54) is 32.1 Å². The Hall–Kier alpha value is -0.610. The number of carbonyl (C=O) groups is 1. The minimum atomic E-state index is 0.216. The van der Waals surface area contributed by atoms with E-state index < -0.39 is 0 Å². The Morgan fingerprint density at radius 2 is 1.94 bits per heavy atom. The minimum absolute atomic E-state index is 0.216. The first-order valence-electron chi connectivity index (χ1n) is 6.85. The lowest BCUT2D eigenvalue weighted by atomic mass is 9.95. The van der Waals surface area contributed by atoms with E-state index in [9.17, 15) is 4.79 Å². The number of carbonyl (C=O) groups excluding carboxylic acids is 1. The normalized spacial score (nSPS) is 17.4. The zero-order valence-electron chi connectivity index (χ0n) is 11.3. The first-order valence-corrected chi connectivity index (χ1v) is 6.85. The SMILES string of the molecule is CNCCN(C)CCC(=O)NC1CCCCC1. The fraction of sp³-hybridized carbons (Fsp3) is 0.923. The summed E-state index contributed by atoms with van der Waals surface area (Å²) in [5.74, 6) is 0.216. The van der Waals surface area contributed by atoms with Crippen molar-refractivity contribution in [3.05, 3.63) is 0 Å². The van der Waals surface area contributed by atoms with Gasteiger partial charge in [0.25, 0.3) is 0 Å². The third-order valence-corrected chi connectivity index (χ3v) is 3.43. The predicted molar refractivity (Wildman–Crippen MR) is 71.1 cm³/mol. The molecule has 1 saturated carbocycles. The maximum Gasteiger partial charge on any atom is 0.221 e.